The van der Waals surface area contributed by atoms with E-state index < -0.39 is 10.1 Å². The van der Waals surface area contributed by atoms with Crippen LogP contribution in [-0.4, -0.2) is 39.0 Å². The van der Waals surface area contributed by atoms with E-state index in [-0.39, 0.29) is 16.7 Å². The number of unbranched alkanes of at least 4 members (excludes halogenated alkanes) is 3. The van der Waals surface area contributed by atoms with E-state index in [1.54, 1.807) is 29.2 Å². The summed E-state index contributed by atoms with van der Waals surface area (Å²) < 4.78 is 30.1. The Morgan fingerprint density at radius 1 is 1.03 bits per heavy atom. The SMILES string of the molecule is CCCCCCN1CCN(c2ccc(S(=O)(=O)Oc3cccc(Cl)c3)cc2)C1=O. The van der Waals surface area contributed by atoms with Crippen molar-refractivity contribution in [3.05, 3.63) is 53.6 Å². The highest BCUT2D eigenvalue weighted by Crippen LogP contribution is 2.25. The van der Waals surface area contributed by atoms with Crippen molar-refractivity contribution in [2.45, 2.75) is 37.5 Å². The van der Waals surface area contributed by atoms with Gasteiger partial charge in [-0.25, -0.2) is 4.79 Å². The van der Waals surface area contributed by atoms with E-state index in [1.807, 2.05) is 4.90 Å². The molecule has 0 radical (unpaired) electrons. The second kappa shape index (κ2) is 9.50. The minimum atomic E-state index is -3.98. The van der Waals surface area contributed by atoms with E-state index in [1.165, 1.54) is 30.7 Å². The summed E-state index contributed by atoms with van der Waals surface area (Å²) in [6.45, 7) is 4.20. The van der Waals surface area contributed by atoms with Crippen molar-refractivity contribution in [1.29, 1.82) is 0 Å². The van der Waals surface area contributed by atoms with Crippen molar-refractivity contribution < 1.29 is 17.4 Å². The van der Waals surface area contributed by atoms with Gasteiger partial charge in [-0.2, -0.15) is 8.42 Å². The molecule has 1 aliphatic heterocycles. The van der Waals surface area contributed by atoms with Crippen LogP contribution in [0.15, 0.2) is 53.4 Å². The topological polar surface area (TPSA) is 66.9 Å². The number of nitrogens with zero attached hydrogens (tertiary/aromatic N) is 2. The van der Waals surface area contributed by atoms with Crippen LogP contribution in [0, 0.1) is 0 Å². The molecule has 6 nitrogen and oxygen atoms in total. The molecule has 156 valence electrons. The predicted molar refractivity (Wildman–Crippen MR) is 114 cm³/mol. The van der Waals surface area contributed by atoms with Crippen molar-refractivity contribution in [3.63, 3.8) is 0 Å². The number of benzene rings is 2. The van der Waals surface area contributed by atoms with E-state index in [2.05, 4.69) is 6.92 Å². The Labute approximate surface area is 177 Å². The molecule has 0 aromatic heterocycles. The fraction of sp³-hybridized carbons (Fsp3) is 0.381. The molecule has 2 aromatic rings. The highest BCUT2D eigenvalue weighted by atomic mass is 35.5. The van der Waals surface area contributed by atoms with Crippen molar-refractivity contribution in [2.24, 2.45) is 0 Å². The lowest BCUT2D eigenvalue weighted by Crippen LogP contribution is -2.32. The fourth-order valence-electron chi connectivity index (χ4n) is 3.25. The number of rotatable bonds is 9. The van der Waals surface area contributed by atoms with E-state index >= 15 is 0 Å². The van der Waals surface area contributed by atoms with Crippen LogP contribution in [0.2, 0.25) is 5.02 Å². The van der Waals surface area contributed by atoms with E-state index in [4.69, 9.17) is 15.8 Å². The molecule has 0 aliphatic carbocycles. The first-order valence-electron chi connectivity index (χ1n) is 9.77. The molecule has 2 aromatic carbocycles. The second-order valence-corrected chi connectivity index (χ2v) is 8.95. The number of hydrogen-bond donors (Lipinski definition) is 0. The van der Waals surface area contributed by atoms with Gasteiger partial charge < -0.3 is 9.08 Å². The van der Waals surface area contributed by atoms with Gasteiger partial charge in [-0.3, -0.25) is 4.90 Å². The first-order valence-corrected chi connectivity index (χ1v) is 11.6. The number of carbonyl (C=O) groups excluding carboxylic acids is 1. The minimum Gasteiger partial charge on any atom is -0.379 e. The molecular weight excluding hydrogens is 412 g/mol. The number of amides is 2. The van der Waals surface area contributed by atoms with Crippen molar-refractivity contribution in [2.75, 3.05) is 24.5 Å². The average molecular weight is 437 g/mol. The van der Waals surface area contributed by atoms with Crippen LogP contribution in [0.5, 0.6) is 5.75 Å². The van der Waals surface area contributed by atoms with Gasteiger partial charge in [-0.1, -0.05) is 43.9 Å². The molecule has 0 bridgehead atoms. The molecule has 8 heteroatoms. The maximum atomic E-state index is 12.6. The summed E-state index contributed by atoms with van der Waals surface area (Å²) >= 11 is 5.87. The maximum Gasteiger partial charge on any atom is 0.339 e. The number of carbonyl (C=O) groups is 1. The zero-order chi connectivity index (χ0) is 20.9. The Morgan fingerprint density at radius 2 is 1.79 bits per heavy atom. The van der Waals surface area contributed by atoms with Crippen molar-refractivity contribution >= 4 is 33.4 Å². The number of anilines is 1. The molecule has 1 saturated heterocycles. The summed E-state index contributed by atoms with van der Waals surface area (Å²) in [6, 6.07) is 12.3. The highest BCUT2D eigenvalue weighted by molar-refractivity contribution is 7.87. The van der Waals surface area contributed by atoms with Gasteiger partial charge in [-0.15, -0.1) is 0 Å². The second-order valence-electron chi connectivity index (χ2n) is 6.97. The third-order valence-electron chi connectivity index (χ3n) is 4.82. The van der Waals surface area contributed by atoms with Crippen molar-refractivity contribution in [1.82, 2.24) is 4.90 Å². The van der Waals surface area contributed by atoms with Crippen LogP contribution in [0.3, 0.4) is 0 Å². The number of halogens is 1. The molecule has 1 aliphatic rings. The smallest absolute Gasteiger partial charge is 0.339 e. The van der Waals surface area contributed by atoms with E-state index in [0.29, 0.717) is 23.8 Å². The molecule has 0 saturated carbocycles. The standard InChI is InChI=1S/C21H25ClN2O4S/c1-2-3-4-5-13-23-14-15-24(21(23)25)18-9-11-20(12-10-18)29(26,27)28-19-8-6-7-17(22)16-19/h6-12,16H,2-5,13-15H2,1H3. The van der Waals surface area contributed by atoms with Crippen LogP contribution >= 0.6 is 11.6 Å². The third kappa shape index (κ3) is 5.42. The zero-order valence-electron chi connectivity index (χ0n) is 16.4. The summed E-state index contributed by atoms with van der Waals surface area (Å²) in [7, 11) is -3.98. The Kier molecular flexibility index (Phi) is 7.03. The first-order chi connectivity index (χ1) is 13.9. The Bertz CT molecular complexity index is 947. The van der Waals surface area contributed by atoms with Crippen LogP contribution in [0.25, 0.3) is 0 Å². The maximum absolute atomic E-state index is 12.6. The molecule has 0 N–H and O–H groups in total. The minimum absolute atomic E-state index is 0.0179. The van der Waals surface area contributed by atoms with Gasteiger partial charge in [0.25, 0.3) is 0 Å². The monoisotopic (exact) mass is 436 g/mol. The van der Waals surface area contributed by atoms with E-state index in [0.717, 1.165) is 25.8 Å². The van der Waals surface area contributed by atoms with Gasteiger partial charge in [0.05, 0.1) is 0 Å². The van der Waals surface area contributed by atoms with E-state index in [9.17, 15) is 13.2 Å². The van der Waals surface area contributed by atoms with Crippen LogP contribution in [0.4, 0.5) is 10.5 Å². The van der Waals surface area contributed by atoms with Gasteiger partial charge in [-0.05, 0) is 42.8 Å². The summed E-state index contributed by atoms with van der Waals surface area (Å²) in [4.78, 5) is 16.2. The van der Waals surface area contributed by atoms with Crippen LogP contribution in [0.1, 0.15) is 32.6 Å². The lowest BCUT2D eigenvalue weighted by Gasteiger charge is -2.19. The number of urea groups is 1. The summed E-state index contributed by atoms with van der Waals surface area (Å²) in [6.07, 6.45) is 4.47. The summed E-state index contributed by atoms with van der Waals surface area (Å²) in [5, 5.41) is 0.389. The molecule has 1 fully saturated rings. The lowest BCUT2D eigenvalue weighted by molar-refractivity contribution is 0.219. The molecule has 0 atom stereocenters. The Morgan fingerprint density at radius 3 is 2.48 bits per heavy atom. The van der Waals surface area contributed by atoms with Crippen LogP contribution < -0.4 is 9.08 Å². The van der Waals surface area contributed by atoms with Gasteiger partial charge in [0.15, 0.2) is 0 Å². The summed E-state index contributed by atoms with van der Waals surface area (Å²) in [5.41, 5.74) is 0.674. The molecule has 29 heavy (non-hydrogen) atoms. The lowest BCUT2D eigenvalue weighted by atomic mass is 10.2. The zero-order valence-corrected chi connectivity index (χ0v) is 18.0. The van der Waals surface area contributed by atoms with Crippen LogP contribution in [-0.2, 0) is 10.1 Å². The largest absolute Gasteiger partial charge is 0.379 e. The van der Waals surface area contributed by atoms with Crippen molar-refractivity contribution in [3.8, 4) is 5.75 Å². The normalized spacial score (nSPS) is 14.5. The van der Waals surface area contributed by atoms with Gasteiger partial charge in [0.1, 0.15) is 10.6 Å². The fourth-order valence-corrected chi connectivity index (χ4v) is 4.35. The Hall–Kier alpha value is -2.25. The Balaban J connectivity index is 1.64. The molecule has 0 spiro atoms. The molecule has 1 heterocycles. The molecule has 0 unspecified atom stereocenters. The quantitative estimate of drug-likeness (QED) is 0.413. The van der Waals surface area contributed by atoms with Gasteiger partial charge >= 0.3 is 16.1 Å². The van der Waals surface area contributed by atoms with Gasteiger partial charge in [0, 0.05) is 36.4 Å². The third-order valence-corrected chi connectivity index (χ3v) is 6.31. The molecular formula is C21H25ClN2O4S. The van der Waals surface area contributed by atoms with Gasteiger partial charge in [0.2, 0.25) is 0 Å². The average Bonchev–Trinajstić information content (AvgIpc) is 3.05. The first kappa shape index (κ1) is 21.5. The highest BCUT2D eigenvalue weighted by Gasteiger charge is 2.29. The summed E-state index contributed by atoms with van der Waals surface area (Å²) in [5.74, 6) is 0.148. The molecule has 2 amide bonds. The predicted octanol–water partition coefficient (Wildman–Crippen LogP) is 4.93. The number of hydrogen-bond acceptors (Lipinski definition) is 4. The molecule has 3 rings (SSSR count).